The standard InChI is InChI=1S/C12H17N3O2S/c1-7-10(11(16)17)18-12(13-7)14-9-6-15-4-2-8(9)3-5-15/h8-9H,2-6H2,1H3,(H,13,14)(H,16,17). The Morgan fingerprint density at radius 2 is 2.22 bits per heavy atom. The SMILES string of the molecule is Cc1nc(NC2CN3CCC2CC3)sc1C(=O)O. The maximum absolute atomic E-state index is 11.0. The van der Waals surface area contributed by atoms with Gasteiger partial charge in [-0.15, -0.1) is 0 Å². The van der Waals surface area contributed by atoms with E-state index < -0.39 is 5.97 Å². The molecule has 0 saturated carbocycles. The number of nitrogens with zero attached hydrogens (tertiary/aromatic N) is 2. The number of aromatic carboxylic acids is 1. The van der Waals surface area contributed by atoms with Crippen LogP contribution in [0, 0.1) is 12.8 Å². The lowest BCUT2D eigenvalue weighted by molar-refractivity contribution is 0.0701. The molecule has 3 aliphatic heterocycles. The second kappa shape index (κ2) is 4.51. The van der Waals surface area contributed by atoms with Crippen LogP contribution < -0.4 is 5.32 Å². The zero-order chi connectivity index (χ0) is 12.7. The molecule has 0 spiro atoms. The number of rotatable bonds is 3. The van der Waals surface area contributed by atoms with Gasteiger partial charge in [-0.25, -0.2) is 9.78 Å². The third-order valence-electron chi connectivity index (χ3n) is 3.96. The highest BCUT2D eigenvalue weighted by Gasteiger charge is 2.34. The van der Waals surface area contributed by atoms with Crippen molar-refractivity contribution in [2.45, 2.75) is 25.8 Å². The van der Waals surface area contributed by atoms with E-state index in [2.05, 4.69) is 15.2 Å². The van der Waals surface area contributed by atoms with E-state index in [9.17, 15) is 4.79 Å². The summed E-state index contributed by atoms with van der Waals surface area (Å²) in [5.74, 6) is -0.167. The van der Waals surface area contributed by atoms with E-state index in [0.717, 1.165) is 11.7 Å². The summed E-state index contributed by atoms with van der Waals surface area (Å²) >= 11 is 1.25. The van der Waals surface area contributed by atoms with Gasteiger partial charge in [-0.2, -0.15) is 0 Å². The minimum absolute atomic E-state index is 0.346. The molecule has 0 amide bonds. The number of carboxylic acids is 1. The quantitative estimate of drug-likeness (QED) is 0.872. The van der Waals surface area contributed by atoms with Crippen molar-refractivity contribution in [3.63, 3.8) is 0 Å². The Kier molecular flexibility index (Phi) is 2.99. The van der Waals surface area contributed by atoms with Crippen LogP contribution in [-0.4, -0.2) is 46.6 Å². The number of anilines is 1. The van der Waals surface area contributed by atoms with Gasteiger partial charge < -0.3 is 15.3 Å². The van der Waals surface area contributed by atoms with E-state index in [-0.39, 0.29) is 0 Å². The van der Waals surface area contributed by atoms with Crippen LogP contribution in [0.1, 0.15) is 28.2 Å². The summed E-state index contributed by atoms with van der Waals surface area (Å²) in [5, 5.41) is 13.2. The van der Waals surface area contributed by atoms with E-state index in [1.807, 2.05) is 0 Å². The molecule has 1 atom stereocenters. The summed E-state index contributed by atoms with van der Waals surface area (Å²) in [4.78, 5) is 18.1. The molecular formula is C12H17N3O2S. The second-order valence-corrected chi connectivity index (χ2v) is 6.13. The Labute approximate surface area is 110 Å². The molecule has 3 fully saturated rings. The maximum Gasteiger partial charge on any atom is 0.347 e. The average Bonchev–Trinajstić information content (AvgIpc) is 2.72. The molecule has 18 heavy (non-hydrogen) atoms. The molecule has 0 aliphatic carbocycles. The smallest absolute Gasteiger partial charge is 0.347 e. The van der Waals surface area contributed by atoms with E-state index in [4.69, 9.17) is 5.11 Å². The largest absolute Gasteiger partial charge is 0.477 e. The Morgan fingerprint density at radius 1 is 1.50 bits per heavy atom. The van der Waals surface area contributed by atoms with Gasteiger partial charge in [0.1, 0.15) is 4.88 Å². The van der Waals surface area contributed by atoms with Crippen molar-refractivity contribution < 1.29 is 9.90 Å². The number of thiazole rings is 1. The van der Waals surface area contributed by atoms with Crippen LogP contribution in [0.4, 0.5) is 5.13 Å². The number of piperidine rings is 3. The van der Waals surface area contributed by atoms with Crippen molar-refractivity contribution in [1.29, 1.82) is 0 Å². The van der Waals surface area contributed by atoms with Crippen LogP contribution in [0.25, 0.3) is 0 Å². The fraction of sp³-hybridized carbons (Fsp3) is 0.667. The molecule has 0 radical (unpaired) electrons. The second-order valence-electron chi connectivity index (χ2n) is 5.13. The van der Waals surface area contributed by atoms with Crippen molar-refractivity contribution >= 4 is 22.4 Å². The molecule has 4 heterocycles. The molecule has 1 unspecified atom stereocenters. The van der Waals surface area contributed by atoms with Gasteiger partial charge in [-0.05, 0) is 38.8 Å². The van der Waals surface area contributed by atoms with E-state index >= 15 is 0 Å². The lowest BCUT2D eigenvalue weighted by Gasteiger charge is -2.44. The first kappa shape index (κ1) is 11.9. The van der Waals surface area contributed by atoms with Crippen LogP contribution in [0.2, 0.25) is 0 Å². The molecule has 1 aromatic rings. The molecule has 4 rings (SSSR count). The van der Waals surface area contributed by atoms with E-state index in [1.165, 1.54) is 37.3 Å². The maximum atomic E-state index is 11.0. The number of fused-ring (bicyclic) bond motifs is 3. The first-order chi connectivity index (χ1) is 8.63. The Hall–Kier alpha value is -1.14. The minimum Gasteiger partial charge on any atom is -0.477 e. The number of carboxylic acid groups (broad SMARTS) is 1. The molecule has 3 aliphatic rings. The zero-order valence-corrected chi connectivity index (χ0v) is 11.2. The summed E-state index contributed by atoms with van der Waals surface area (Å²) < 4.78 is 0. The lowest BCUT2D eigenvalue weighted by atomic mass is 9.84. The van der Waals surface area contributed by atoms with Crippen molar-refractivity contribution in [1.82, 2.24) is 9.88 Å². The van der Waals surface area contributed by atoms with Crippen LogP contribution in [0.15, 0.2) is 0 Å². The number of aryl methyl sites for hydroxylation is 1. The van der Waals surface area contributed by atoms with Crippen molar-refractivity contribution in [2.24, 2.45) is 5.92 Å². The molecule has 1 aromatic heterocycles. The summed E-state index contributed by atoms with van der Waals surface area (Å²) in [6, 6.07) is 0.430. The minimum atomic E-state index is -0.882. The Bertz CT molecular complexity index is 466. The first-order valence-electron chi connectivity index (χ1n) is 6.33. The molecule has 5 nitrogen and oxygen atoms in total. The molecule has 2 bridgehead atoms. The Morgan fingerprint density at radius 3 is 2.72 bits per heavy atom. The molecule has 3 saturated heterocycles. The monoisotopic (exact) mass is 267 g/mol. The van der Waals surface area contributed by atoms with Gasteiger partial charge in [-0.1, -0.05) is 11.3 Å². The van der Waals surface area contributed by atoms with Crippen molar-refractivity contribution in [3.05, 3.63) is 10.6 Å². The number of hydrogen-bond acceptors (Lipinski definition) is 5. The van der Waals surface area contributed by atoms with Crippen molar-refractivity contribution in [2.75, 3.05) is 25.0 Å². The highest BCUT2D eigenvalue weighted by Crippen LogP contribution is 2.31. The van der Waals surface area contributed by atoms with Gasteiger partial charge in [0, 0.05) is 12.6 Å². The van der Waals surface area contributed by atoms with Crippen LogP contribution >= 0.6 is 11.3 Å². The highest BCUT2D eigenvalue weighted by molar-refractivity contribution is 7.17. The van der Waals surface area contributed by atoms with Crippen LogP contribution in [-0.2, 0) is 0 Å². The number of carbonyl (C=O) groups is 1. The summed E-state index contributed by atoms with van der Waals surface area (Å²) in [6.07, 6.45) is 2.49. The molecule has 0 aromatic carbocycles. The highest BCUT2D eigenvalue weighted by atomic mass is 32.1. The average molecular weight is 267 g/mol. The van der Waals surface area contributed by atoms with Gasteiger partial charge >= 0.3 is 5.97 Å². The molecular weight excluding hydrogens is 250 g/mol. The van der Waals surface area contributed by atoms with Crippen LogP contribution in [0.3, 0.4) is 0 Å². The fourth-order valence-corrected chi connectivity index (χ4v) is 3.81. The van der Waals surface area contributed by atoms with Gasteiger partial charge in [0.25, 0.3) is 0 Å². The van der Waals surface area contributed by atoms with Gasteiger partial charge in [0.15, 0.2) is 5.13 Å². The molecule has 2 N–H and O–H groups in total. The van der Waals surface area contributed by atoms with Gasteiger partial charge in [-0.3, -0.25) is 0 Å². The number of nitrogens with one attached hydrogen (secondary N) is 1. The third kappa shape index (κ3) is 2.10. The first-order valence-corrected chi connectivity index (χ1v) is 7.15. The molecule has 6 heteroatoms. The number of hydrogen-bond donors (Lipinski definition) is 2. The normalized spacial score (nSPS) is 30.4. The lowest BCUT2D eigenvalue weighted by Crippen LogP contribution is -2.53. The summed E-state index contributed by atoms with van der Waals surface area (Å²) in [5.41, 5.74) is 0.608. The third-order valence-corrected chi connectivity index (χ3v) is 5.03. The number of aromatic nitrogens is 1. The summed E-state index contributed by atoms with van der Waals surface area (Å²) in [6.45, 7) is 5.23. The summed E-state index contributed by atoms with van der Waals surface area (Å²) in [7, 11) is 0. The Balaban J connectivity index is 1.73. The predicted molar refractivity (Wildman–Crippen MR) is 70.4 cm³/mol. The van der Waals surface area contributed by atoms with Gasteiger partial charge in [0.2, 0.25) is 0 Å². The van der Waals surface area contributed by atoms with E-state index in [1.54, 1.807) is 6.92 Å². The van der Waals surface area contributed by atoms with Crippen molar-refractivity contribution in [3.8, 4) is 0 Å². The zero-order valence-electron chi connectivity index (χ0n) is 10.3. The van der Waals surface area contributed by atoms with E-state index in [0.29, 0.717) is 22.5 Å². The van der Waals surface area contributed by atoms with Gasteiger partial charge in [0.05, 0.1) is 5.69 Å². The fourth-order valence-electron chi connectivity index (χ4n) is 2.94. The molecule has 98 valence electrons. The predicted octanol–water partition coefficient (Wildman–Crippen LogP) is 1.66. The topological polar surface area (TPSA) is 65.5 Å². The van der Waals surface area contributed by atoms with Crippen LogP contribution in [0.5, 0.6) is 0 Å².